The molecule has 2 nitrogen and oxygen atoms in total. The second-order valence-corrected chi connectivity index (χ2v) is 2.67. The van der Waals surface area contributed by atoms with Crippen molar-refractivity contribution < 1.29 is 0 Å². The van der Waals surface area contributed by atoms with E-state index in [1.165, 1.54) is 5.70 Å². The maximum absolute atomic E-state index is 3.32. The largest absolute Gasteiger partial charge is 0.374 e. The Bertz CT molecular complexity index is 129. The standard InChI is InChI=1S/C7H14N2/c1-5-4-6(2)9-7(3)8-5/h4-5,7-9H,1-3H3. The van der Waals surface area contributed by atoms with Gasteiger partial charge in [-0.3, -0.25) is 5.32 Å². The zero-order valence-electron chi connectivity index (χ0n) is 6.23. The van der Waals surface area contributed by atoms with E-state index < -0.39 is 0 Å². The van der Waals surface area contributed by atoms with E-state index in [9.17, 15) is 0 Å². The molecule has 0 saturated carbocycles. The molecule has 0 radical (unpaired) electrons. The van der Waals surface area contributed by atoms with E-state index in [4.69, 9.17) is 0 Å². The van der Waals surface area contributed by atoms with E-state index in [1.807, 2.05) is 0 Å². The number of hydrogen-bond acceptors (Lipinski definition) is 2. The third-order valence-electron chi connectivity index (χ3n) is 1.46. The topological polar surface area (TPSA) is 24.1 Å². The molecule has 0 amide bonds. The molecule has 1 aliphatic heterocycles. The fraction of sp³-hybridized carbons (Fsp3) is 0.714. The van der Waals surface area contributed by atoms with E-state index in [0.717, 1.165) is 0 Å². The third kappa shape index (κ3) is 1.72. The van der Waals surface area contributed by atoms with Crippen molar-refractivity contribution >= 4 is 0 Å². The van der Waals surface area contributed by atoms with E-state index >= 15 is 0 Å². The summed E-state index contributed by atoms with van der Waals surface area (Å²) in [5.74, 6) is 0. The molecule has 0 aromatic heterocycles. The van der Waals surface area contributed by atoms with Crippen molar-refractivity contribution in [3.63, 3.8) is 0 Å². The maximum atomic E-state index is 3.32. The van der Waals surface area contributed by atoms with Gasteiger partial charge in [-0.25, -0.2) is 0 Å². The van der Waals surface area contributed by atoms with Crippen molar-refractivity contribution in [1.29, 1.82) is 0 Å². The van der Waals surface area contributed by atoms with Crippen molar-refractivity contribution in [2.24, 2.45) is 0 Å². The predicted octanol–water partition coefficient (Wildman–Crippen LogP) is 0.817. The summed E-state index contributed by atoms with van der Waals surface area (Å²) in [5, 5.41) is 6.58. The minimum atomic E-state index is 0.421. The Balaban J connectivity index is 2.56. The summed E-state index contributed by atoms with van der Waals surface area (Å²) in [6.45, 7) is 6.36. The summed E-state index contributed by atoms with van der Waals surface area (Å²) >= 11 is 0. The molecule has 2 heteroatoms. The van der Waals surface area contributed by atoms with Gasteiger partial charge >= 0.3 is 0 Å². The van der Waals surface area contributed by atoms with Crippen molar-refractivity contribution in [1.82, 2.24) is 10.6 Å². The lowest BCUT2D eigenvalue weighted by atomic mass is 10.2. The first kappa shape index (κ1) is 6.62. The van der Waals surface area contributed by atoms with Gasteiger partial charge in [0.15, 0.2) is 0 Å². The molecule has 1 rings (SSSR count). The molecule has 9 heavy (non-hydrogen) atoms. The van der Waals surface area contributed by atoms with Crippen LogP contribution in [0.25, 0.3) is 0 Å². The Kier molecular flexibility index (Phi) is 1.76. The van der Waals surface area contributed by atoms with Crippen LogP contribution in [0.3, 0.4) is 0 Å². The molecule has 1 aliphatic rings. The molecule has 2 unspecified atom stereocenters. The smallest absolute Gasteiger partial charge is 0.0740 e. The number of allylic oxidation sites excluding steroid dienone is 1. The van der Waals surface area contributed by atoms with Gasteiger partial charge in [-0.2, -0.15) is 0 Å². The van der Waals surface area contributed by atoms with Crippen LogP contribution in [0.15, 0.2) is 11.8 Å². The summed E-state index contributed by atoms with van der Waals surface area (Å²) in [6, 6.07) is 0.515. The average molecular weight is 126 g/mol. The SMILES string of the molecule is CC1=CC(C)NC(C)N1. The van der Waals surface area contributed by atoms with Crippen molar-refractivity contribution in [2.45, 2.75) is 33.0 Å². The van der Waals surface area contributed by atoms with Crippen LogP contribution in [0.4, 0.5) is 0 Å². The molecule has 2 atom stereocenters. The van der Waals surface area contributed by atoms with Crippen LogP contribution in [0.2, 0.25) is 0 Å². The molecule has 52 valence electrons. The lowest BCUT2D eigenvalue weighted by Gasteiger charge is -2.26. The molecule has 2 N–H and O–H groups in total. The molecule has 0 aromatic rings. The third-order valence-corrected chi connectivity index (χ3v) is 1.46. The van der Waals surface area contributed by atoms with Gasteiger partial charge in [0.05, 0.1) is 6.17 Å². The van der Waals surface area contributed by atoms with Gasteiger partial charge in [0, 0.05) is 11.7 Å². The summed E-state index contributed by atoms with van der Waals surface area (Å²) in [5.41, 5.74) is 1.27. The van der Waals surface area contributed by atoms with Crippen LogP contribution in [0.5, 0.6) is 0 Å². The van der Waals surface area contributed by atoms with Crippen LogP contribution >= 0.6 is 0 Å². The zero-order chi connectivity index (χ0) is 6.85. The van der Waals surface area contributed by atoms with Crippen LogP contribution in [-0.2, 0) is 0 Å². The number of rotatable bonds is 0. The first-order valence-electron chi connectivity index (χ1n) is 3.39. The molecular weight excluding hydrogens is 112 g/mol. The first-order valence-corrected chi connectivity index (χ1v) is 3.39. The van der Waals surface area contributed by atoms with Crippen LogP contribution < -0.4 is 10.6 Å². The van der Waals surface area contributed by atoms with Crippen LogP contribution in [-0.4, -0.2) is 12.2 Å². The molecule has 0 saturated heterocycles. The highest BCUT2D eigenvalue weighted by molar-refractivity contribution is 5.05. The molecule has 0 fully saturated rings. The maximum Gasteiger partial charge on any atom is 0.0740 e. The lowest BCUT2D eigenvalue weighted by Crippen LogP contribution is -2.46. The van der Waals surface area contributed by atoms with Gasteiger partial charge in [-0.1, -0.05) is 0 Å². The second-order valence-electron chi connectivity index (χ2n) is 2.67. The summed E-state index contributed by atoms with van der Waals surface area (Å²) in [7, 11) is 0. The first-order chi connectivity index (χ1) is 4.18. The van der Waals surface area contributed by atoms with Crippen molar-refractivity contribution in [3.8, 4) is 0 Å². The molecule has 1 heterocycles. The predicted molar refractivity (Wildman–Crippen MR) is 39.0 cm³/mol. The fourth-order valence-electron chi connectivity index (χ4n) is 1.25. The summed E-state index contributed by atoms with van der Waals surface area (Å²) in [6.07, 6.45) is 2.60. The van der Waals surface area contributed by atoms with E-state index in [1.54, 1.807) is 0 Å². The van der Waals surface area contributed by atoms with Gasteiger partial charge in [-0.15, -0.1) is 0 Å². The second kappa shape index (κ2) is 2.40. The number of nitrogens with one attached hydrogen (secondary N) is 2. The highest BCUT2D eigenvalue weighted by atomic mass is 15.1. The van der Waals surface area contributed by atoms with Crippen LogP contribution in [0, 0.1) is 0 Å². The van der Waals surface area contributed by atoms with E-state index in [2.05, 4.69) is 37.5 Å². The molecule has 0 aliphatic carbocycles. The average Bonchev–Trinajstić information content (AvgIpc) is 1.59. The van der Waals surface area contributed by atoms with Crippen molar-refractivity contribution in [3.05, 3.63) is 11.8 Å². The van der Waals surface area contributed by atoms with E-state index in [-0.39, 0.29) is 0 Å². The minimum Gasteiger partial charge on any atom is -0.374 e. The Hall–Kier alpha value is -0.500. The van der Waals surface area contributed by atoms with E-state index in [0.29, 0.717) is 12.2 Å². The summed E-state index contributed by atoms with van der Waals surface area (Å²) in [4.78, 5) is 0. The fourth-order valence-corrected chi connectivity index (χ4v) is 1.25. The highest BCUT2D eigenvalue weighted by Gasteiger charge is 2.09. The number of hydrogen-bond donors (Lipinski definition) is 2. The Morgan fingerprint density at radius 1 is 1.44 bits per heavy atom. The normalized spacial score (nSPS) is 35.2. The Labute approximate surface area is 56.3 Å². The van der Waals surface area contributed by atoms with Gasteiger partial charge in [0.25, 0.3) is 0 Å². The highest BCUT2D eigenvalue weighted by Crippen LogP contribution is 1.99. The van der Waals surface area contributed by atoms with Gasteiger partial charge in [0.1, 0.15) is 0 Å². The molecule has 0 bridgehead atoms. The zero-order valence-corrected chi connectivity index (χ0v) is 6.23. The minimum absolute atomic E-state index is 0.421. The summed E-state index contributed by atoms with van der Waals surface area (Å²) < 4.78 is 0. The Morgan fingerprint density at radius 2 is 2.11 bits per heavy atom. The Morgan fingerprint density at radius 3 is 2.56 bits per heavy atom. The van der Waals surface area contributed by atoms with Gasteiger partial charge in [0.2, 0.25) is 0 Å². The molecule has 0 aromatic carbocycles. The molecular formula is C7H14N2. The lowest BCUT2D eigenvalue weighted by molar-refractivity contribution is 0.439. The molecule has 0 spiro atoms. The van der Waals surface area contributed by atoms with Gasteiger partial charge < -0.3 is 5.32 Å². The van der Waals surface area contributed by atoms with Crippen LogP contribution in [0.1, 0.15) is 20.8 Å². The van der Waals surface area contributed by atoms with Gasteiger partial charge in [-0.05, 0) is 26.8 Å². The quantitative estimate of drug-likeness (QED) is 0.502. The van der Waals surface area contributed by atoms with Crippen molar-refractivity contribution in [2.75, 3.05) is 0 Å². The monoisotopic (exact) mass is 126 g/mol.